The van der Waals surface area contributed by atoms with Crippen molar-refractivity contribution in [2.45, 2.75) is 66.7 Å². The first kappa shape index (κ1) is 31.6. The quantitative estimate of drug-likeness (QED) is 0.207. The zero-order valence-corrected chi connectivity index (χ0v) is 25.9. The number of methoxy groups -OCH3 is 1. The van der Waals surface area contributed by atoms with Gasteiger partial charge in [-0.25, -0.2) is 0 Å². The number of benzene rings is 2. The van der Waals surface area contributed by atoms with Gasteiger partial charge in [-0.15, -0.1) is 0 Å². The van der Waals surface area contributed by atoms with Crippen molar-refractivity contribution in [2.75, 3.05) is 20.3 Å². The van der Waals surface area contributed by atoms with Gasteiger partial charge in [-0.1, -0.05) is 45.0 Å². The highest BCUT2D eigenvalue weighted by atomic mass is 127. The van der Waals surface area contributed by atoms with Crippen molar-refractivity contribution < 1.29 is 28.6 Å². The molecule has 0 aliphatic heterocycles. The van der Waals surface area contributed by atoms with Gasteiger partial charge >= 0.3 is 11.9 Å². The van der Waals surface area contributed by atoms with Crippen LogP contribution in [0.4, 0.5) is 0 Å². The highest BCUT2D eigenvalue weighted by Gasteiger charge is 2.25. The molecule has 38 heavy (non-hydrogen) atoms. The van der Waals surface area contributed by atoms with Crippen LogP contribution in [0.3, 0.4) is 0 Å². The fourth-order valence-corrected chi connectivity index (χ4v) is 4.30. The molecule has 1 unspecified atom stereocenters. The molecule has 1 atom stereocenters. The predicted molar refractivity (Wildman–Crippen MR) is 156 cm³/mol. The maximum absolute atomic E-state index is 12.9. The molecular weight excluding hydrogens is 597 g/mol. The zero-order valence-electron chi connectivity index (χ0n) is 23.7. The molecule has 1 N–H and O–H groups in total. The number of hydrogen-bond acceptors (Lipinski definition) is 6. The zero-order chi connectivity index (χ0) is 28.7. The Labute approximate surface area is 240 Å². The monoisotopic (exact) mass is 637 g/mol. The number of carbonyl (C=O) groups excluding carboxylic acids is 3. The normalized spacial score (nSPS) is 12.4. The summed E-state index contributed by atoms with van der Waals surface area (Å²) in [7, 11) is 1.48. The largest absolute Gasteiger partial charge is 0.493 e. The van der Waals surface area contributed by atoms with Gasteiger partial charge in [0.1, 0.15) is 0 Å². The van der Waals surface area contributed by atoms with E-state index in [1.165, 1.54) is 19.6 Å². The van der Waals surface area contributed by atoms with Gasteiger partial charge < -0.3 is 19.5 Å². The number of carbonyl (C=O) groups is 3. The van der Waals surface area contributed by atoms with Gasteiger partial charge in [0.15, 0.2) is 11.5 Å². The van der Waals surface area contributed by atoms with Crippen LogP contribution in [0.15, 0.2) is 36.4 Å². The minimum atomic E-state index is -0.601. The number of halogens is 1. The van der Waals surface area contributed by atoms with E-state index >= 15 is 0 Å². The molecule has 0 saturated carbocycles. The Bertz CT molecular complexity index is 1130. The predicted octanol–water partition coefficient (Wildman–Crippen LogP) is 5.63. The molecule has 0 aliphatic rings. The number of rotatable bonds is 10. The molecule has 0 fully saturated rings. The van der Waals surface area contributed by atoms with Gasteiger partial charge in [0.25, 0.3) is 0 Å². The van der Waals surface area contributed by atoms with E-state index in [1.807, 2.05) is 20.8 Å². The smallest absolute Gasteiger partial charge is 0.311 e. The summed E-state index contributed by atoms with van der Waals surface area (Å²) in [6, 6.07) is 11.8. The Hall–Kier alpha value is -2.62. The molecule has 0 radical (unpaired) electrons. The number of amides is 1. The molecule has 0 spiro atoms. The topological polar surface area (TPSA) is 90.9 Å². The summed E-state index contributed by atoms with van der Waals surface area (Å²) in [5, 5.41) is 3.00. The van der Waals surface area contributed by atoms with Crippen LogP contribution in [0, 0.1) is 14.9 Å². The molecule has 1 amide bonds. The highest BCUT2D eigenvalue weighted by molar-refractivity contribution is 14.1. The molecule has 2 aromatic carbocycles. The third-order valence-electron chi connectivity index (χ3n) is 5.93. The van der Waals surface area contributed by atoms with E-state index in [1.54, 1.807) is 12.1 Å². The molecule has 2 rings (SSSR count). The van der Waals surface area contributed by atoms with Gasteiger partial charge in [-0.2, -0.15) is 0 Å². The summed E-state index contributed by atoms with van der Waals surface area (Å²) in [5.41, 5.74) is 2.57. The number of nitrogens with one attached hydrogen (secondary N) is 1. The van der Waals surface area contributed by atoms with Crippen molar-refractivity contribution in [1.29, 1.82) is 0 Å². The molecule has 0 heterocycles. The Morgan fingerprint density at radius 2 is 1.61 bits per heavy atom. The molecule has 0 aliphatic carbocycles. The molecule has 208 valence electrons. The van der Waals surface area contributed by atoms with Gasteiger partial charge in [0.05, 0.1) is 25.6 Å². The van der Waals surface area contributed by atoms with Crippen LogP contribution in [0.2, 0.25) is 0 Å². The first-order valence-corrected chi connectivity index (χ1v) is 13.8. The summed E-state index contributed by atoms with van der Waals surface area (Å²) in [6.45, 7) is 13.9. The lowest BCUT2D eigenvalue weighted by Gasteiger charge is -2.23. The van der Waals surface area contributed by atoms with Crippen LogP contribution in [0.5, 0.6) is 11.5 Å². The van der Waals surface area contributed by atoms with E-state index < -0.39 is 11.4 Å². The molecule has 7 nitrogen and oxygen atoms in total. The Kier molecular flexibility index (Phi) is 11.2. The highest BCUT2D eigenvalue weighted by Crippen LogP contribution is 2.32. The summed E-state index contributed by atoms with van der Waals surface area (Å²) < 4.78 is 16.9. The van der Waals surface area contributed by atoms with E-state index in [-0.39, 0.29) is 36.2 Å². The maximum atomic E-state index is 12.9. The number of esters is 2. The lowest BCUT2D eigenvalue weighted by atomic mass is 9.86. The van der Waals surface area contributed by atoms with Gasteiger partial charge in [0.2, 0.25) is 5.91 Å². The standard InChI is InChI=1S/C30H40INO6/c1-19(33)38-26-16-24(31)22(14-25(26)36-8)15-27(34)32-17-21(18-37-28(35)30(5,6)7)13-20-9-11-23(12-10-20)29(2,3)4/h9-12,14,16,21H,13,15,17-18H2,1-8H3,(H,32,34). The van der Waals surface area contributed by atoms with E-state index in [4.69, 9.17) is 14.2 Å². The molecule has 8 heteroatoms. The number of ether oxygens (including phenoxy) is 3. The van der Waals surface area contributed by atoms with Crippen molar-refractivity contribution in [3.63, 3.8) is 0 Å². The van der Waals surface area contributed by atoms with Crippen molar-refractivity contribution in [2.24, 2.45) is 11.3 Å². The second-order valence-electron chi connectivity index (χ2n) is 11.5. The van der Waals surface area contributed by atoms with Crippen molar-refractivity contribution in [1.82, 2.24) is 5.32 Å². The molecular formula is C30H40INO6. The van der Waals surface area contributed by atoms with Crippen LogP contribution in [0.1, 0.15) is 65.2 Å². The van der Waals surface area contributed by atoms with E-state index in [9.17, 15) is 14.4 Å². The lowest BCUT2D eigenvalue weighted by Crippen LogP contribution is -2.35. The summed E-state index contributed by atoms with van der Waals surface area (Å²) in [6.07, 6.45) is 0.786. The SMILES string of the molecule is COc1cc(CC(=O)NCC(COC(=O)C(C)(C)C)Cc2ccc(C(C)(C)C)cc2)c(I)cc1OC(C)=O. The maximum Gasteiger partial charge on any atom is 0.311 e. The Balaban J connectivity index is 2.11. The Morgan fingerprint density at radius 1 is 0.974 bits per heavy atom. The molecule has 0 aromatic heterocycles. The van der Waals surface area contributed by atoms with Gasteiger partial charge in [0, 0.05) is 23.0 Å². The first-order chi connectivity index (χ1) is 17.6. The van der Waals surface area contributed by atoms with Crippen LogP contribution in [-0.4, -0.2) is 38.1 Å². The minimum Gasteiger partial charge on any atom is -0.493 e. The van der Waals surface area contributed by atoms with Crippen LogP contribution in [0.25, 0.3) is 0 Å². The number of hydrogen-bond donors (Lipinski definition) is 1. The fourth-order valence-electron chi connectivity index (χ4n) is 3.67. The molecule has 0 bridgehead atoms. The van der Waals surface area contributed by atoms with Crippen LogP contribution >= 0.6 is 22.6 Å². The van der Waals surface area contributed by atoms with Gasteiger partial charge in [-0.3, -0.25) is 14.4 Å². The average Bonchev–Trinajstić information content (AvgIpc) is 2.81. The molecule has 0 saturated heterocycles. The third kappa shape index (κ3) is 9.93. The minimum absolute atomic E-state index is 0.0603. The second kappa shape index (κ2) is 13.4. The first-order valence-electron chi connectivity index (χ1n) is 12.7. The molecule has 2 aromatic rings. The summed E-state index contributed by atoms with van der Waals surface area (Å²) in [4.78, 5) is 36.7. The van der Waals surface area contributed by atoms with Crippen LogP contribution in [-0.2, 0) is 37.4 Å². The van der Waals surface area contributed by atoms with Gasteiger partial charge in [-0.05, 0) is 84.0 Å². The fraction of sp³-hybridized carbons (Fsp3) is 0.500. The van der Waals surface area contributed by atoms with Crippen LogP contribution < -0.4 is 14.8 Å². The van der Waals surface area contributed by atoms with E-state index in [2.05, 4.69) is 72.9 Å². The van der Waals surface area contributed by atoms with Crippen molar-refractivity contribution in [3.05, 3.63) is 56.7 Å². The summed E-state index contributed by atoms with van der Waals surface area (Å²) >= 11 is 2.11. The summed E-state index contributed by atoms with van der Waals surface area (Å²) in [5.74, 6) is -0.283. The van der Waals surface area contributed by atoms with E-state index in [0.717, 1.165) is 14.7 Å². The van der Waals surface area contributed by atoms with Crippen molar-refractivity contribution >= 4 is 40.4 Å². The van der Waals surface area contributed by atoms with Crippen molar-refractivity contribution in [3.8, 4) is 11.5 Å². The third-order valence-corrected chi connectivity index (χ3v) is 6.94. The Morgan fingerprint density at radius 3 is 2.13 bits per heavy atom. The van der Waals surface area contributed by atoms with E-state index in [0.29, 0.717) is 24.5 Å². The second-order valence-corrected chi connectivity index (χ2v) is 12.7. The lowest BCUT2D eigenvalue weighted by molar-refractivity contribution is -0.154. The average molecular weight is 638 g/mol.